The maximum atomic E-state index is 12.2. The van der Waals surface area contributed by atoms with Crippen LogP contribution in [0.15, 0.2) is 54.6 Å². The molecule has 130 valence electrons. The summed E-state index contributed by atoms with van der Waals surface area (Å²) in [5.41, 5.74) is 2.38. The molecule has 3 rings (SSSR count). The van der Waals surface area contributed by atoms with Crippen molar-refractivity contribution < 1.29 is 14.7 Å². The molecule has 5 heteroatoms. The van der Waals surface area contributed by atoms with Crippen LogP contribution in [0.2, 0.25) is 0 Å². The van der Waals surface area contributed by atoms with Crippen LogP contribution in [-0.4, -0.2) is 23.1 Å². The first kappa shape index (κ1) is 17.0. The fraction of sp³-hybridized carbons (Fsp3) is 0.300. The smallest absolute Gasteiger partial charge is 0.335 e. The van der Waals surface area contributed by atoms with E-state index in [1.54, 1.807) is 24.3 Å². The van der Waals surface area contributed by atoms with E-state index in [1.807, 2.05) is 18.2 Å². The van der Waals surface area contributed by atoms with Gasteiger partial charge in [-0.05, 0) is 36.1 Å². The highest BCUT2D eigenvalue weighted by Crippen LogP contribution is 2.34. The van der Waals surface area contributed by atoms with Gasteiger partial charge in [-0.3, -0.25) is 0 Å². The number of aromatic carboxylic acids is 1. The molecule has 2 amide bonds. The lowest BCUT2D eigenvalue weighted by atomic mass is 9.94. The third kappa shape index (κ3) is 4.38. The quantitative estimate of drug-likeness (QED) is 0.780. The number of carbonyl (C=O) groups excluding carboxylic acids is 1. The molecule has 0 heterocycles. The lowest BCUT2D eigenvalue weighted by Crippen LogP contribution is -2.42. The van der Waals surface area contributed by atoms with Gasteiger partial charge in [-0.15, -0.1) is 0 Å². The fourth-order valence-electron chi connectivity index (χ4n) is 3.40. The predicted molar refractivity (Wildman–Crippen MR) is 95.6 cm³/mol. The highest BCUT2D eigenvalue weighted by molar-refractivity contribution is 5.87. The zero-order valence-corrected chi connectivity index (χ0v) is 13.9. The van der Waals surface area contributed by atoms with Crippen LogP contribution in [0.25, 0.3) is 0 Å². The van der Waals surface area contributed by atoms with Crippen molar-refractivity contribution in [3.05, 3.63) is 71.3 Å². The van der Waals surface area contributed by atoms with Gasteiger partial charge in [-0.1, -0.05) is 48.9 Å². The Bertz CT molecular complexity index is 728. The van der Waals surface area contributed by atoms with Crippen molar-refractivity contribution >= 4 is 12.0 Å². The van der Waals surface area contributed by atoms with E-state index in [4.69, 9.17) is 5.11 Å². The second-order valence-corrected chi connectivity index (χ2v) is 6.38. The van der Waals surface area contributed by atoms with Gasteiger partial charge in [-0.25, -0.2) is 9.59 Å². The van der Waals surface area contributed by atoms with Crippen molar-refractivity contribution in [2.24, 2.45) is 0 Å². The van der Waals surface area contributed by atoms with Crippen LogP contribution in [0.3, 0.4) is 0 Å². The van der Waals surface area contributed by atoms with E-state index in [0.717, 1.165) is 24.8 Å². The summed E-state index contributed by atoms with van der Waals surface area (Å²) >= 11 is 0. The van der Waals surface area contributed by atoms with Crippen LogP contribution >= 0.6 is 0 Å². The van der Waals surface area contributed by atoms with E-state index in [0.29, 0.717) is 12.5 Å². The van der Waals surface area contributed by atoms with Crippen LogP contribution in [0.5, 0.6) is 0 Å². The number of hydrogen-bond acceptors (Lipinski definition) is 2. The lowest BCUT2D eigenvalue weighted by Gasteiger charge is -2.21. The maximum absolute atomic E-state index is 12.2. The average Bonchev–Trinajstić information content (AvgIpc) is 3.09. The third-order valence-electron chi connectivity index (χ3n) is 4.71. The van der Waals surface area contributed by atoms with E-state index in [1.165, 1.54) is 5.56 Å². The normalized spacial score (nSPS) is 19.4. The minimum atomic E-state index is -0.953. The second-order valence-electron chi connectivity index (χ2n) is 6.38. The molecule has 2 aromatic rings. The topological polar surface area (TPSA) is 78.4 Å². The minimum Gasteiger partial charge on any atom is -0.478 e. The first-order chi connectivity index (χ1) is 12.1. The SMILES string of the molecule is O=C(NCc1ccc(C(=O)O)cc1)NC1CCCC1c1ccccc1. The van der Waals surface area contributed by atoms with Gasteiger partial charge < -0.3 is 15.7 Å². The number of rotatable bonds is 5. The molecule has 3 N–H and O–H groups in total. The standard InChI is InChI=1S/C20H22N2O3/c23-19(24)16-11-9-14(10-12-16)13-21-20(25)22-18-8-4-7-17(18)15-5-2-1-3-6-15/h1-3,5-6,9-12,17-18H,4,7-8,13H2,(H,23,24)(H2,21,22,25). The number of carbonyl (C=O) groups is 2. The Hall–Kier alpha value is -2.82. The van der Waals surface area contributed by atoms with Crippen molar-refractivity contribution in [1.29, 1.82) is 0 Å². The molecule has 0 saturated heterocycles. The van der Waals surface area contributed by atoms with Gasteiger partial charge in [0.25, 0.3) is 0 Å². The summed E-state index contributed by atoms with van der Waals surface area (Å²) in [6.45, 7) is 0.370. The number of hydrogen-bond donors (Lipinski definition) is 3. The molecule has 0 aliphatic heterocycles. The molecule has 2 unspecified atom stereocenters. The van der Waals surface area contributed by atoms with Crippen molar-refractivity contribution in [2.75, 3.05) is 0 Å². The van der Waals surface area contributed by atoms with Crippen molar-refractivity contribution in [3.8, 4) is 0 Å². The zero-order chi connectivity index (χ0) is 17.6. The van der Waals surface area contributed by atoms with Gasteiger partial charge in [0.2, 0.25) is 0 Å². The highest BCUT2D eigenvalue weighted by atomic mass is 16.4. The number of urea groups is 1. The molecule has 1 aliphatic carbocycles. The molecule has 2 atom stereocenters. The van der Waals surface area contributed by atoms with Gasteiger partial charge in [0.15, 0.2) is 0 Å². The molecular weight excluding hydrogens is 316 g/mol. The lowest BCUT2D eigenvalue weighted by molar-refractivity contribution is 0.0697. The number of carboxylic acid groups (broad SMARTS) is 1. The highest BCUT2D eigenvalue weighted by Gasteiger charge is 2.29. The van der Waals surface area contributed by atoms with E-state index >= 15 is 0 Å². The van der Waals surface area contributed by atoms with E-state index in [2.05, 4.69) is 22.8 Å². The first-order valence-electron chi connectivity index (χ1n) is 8.55. The number of amides is 2. The molecule has 0 bridgehead atoms. The monoisotopic (exact) mass is 338 g/mol. The van der Waals surface area contributed by atoms with Crippen LogP contribution in [0.4, 0.5) is 4.79 Å². The summed E-state index contributed by atoms with van der Waals surface area (Å²) in [7, 11) is 0. The largest absolute Gasteiger partial charge is 0.478 e. The summed E-state index contributed by atoms with van der Waals surface area (Å²) in [6, 6.07) is 16.8. The Morgan fingerprint density at radius 2 is 1.72 bits per heavy atom. The average molecular weight is 338 g/mol. The molecule has 1 aliphatic rings. The summed E-state index contributed by atoms with van der Waals surface area (Å²) in [5.74, 6) is -0.591. The van der Waals surface area contributed by atoms with Gasteiger partial charge in [0.1, 0.15) is 0 Å². The first-order valence-corrected chi connectivity index (χ1v) is 8.55. The summed E-state index contributed by atoms with van der Waals surface area (Å²) in [4.78, 5) is 23.0. The van der Waals surface area contributed by atoms with Crippen LogP contribution in [-0.2, 0) is 6.54 Å². The molecule has 0 radical (unpaired) electrons. The van der Waals surface area contributed by atoms with Crippen LogP contribution in [0, 0.1) is 0 Å². The van der Waals surface area contributed by atoms with E-state index in [9.17, 15) is 9.59 Å². The van der Waals surface area contributed by atoms with Crippen LogP contribution in [0.1, 0.15) is 46.7 Å². The molecule has 1 fully saturated rings. The molecule has 25 heavy (non-hydrogen) atoms. The Balaban J connectivity index is 1.52. The van der Waals surface area contributed by atoms with Crippen molar-refractivity contribution in [1.82, 2.24) is 10.6 Å². The predicted octanol–water partition coefficient (Wildman–Crippen LogP) is 3.52. The molecular formula is C20H22N2O3. The Morgan fingerprint density at radius 3 is 2.40 bits per heavy atom. The Morgan fingerprint density at radius 1 is 1.00 bits per heavy atom. The van der Waals surface area contributed by atoms with E-state index < -0.39 is 5.97 Å². The molecule has 5 nitrogen and oxygen atoms in total. The molecule has 1 saturated carbocycles. The fourth-order valence-corrected chi connectivity index (χ4v) is 3.40. The Kier molecular flexibility index (Phi) is 5.33. The molecule has 0 spiro atoms. The van der Waals surface area contributed by atoms with Gasteiger partial charge >= 0.3 is 12.0 Å². The second kappa shape index (κ2) is 7.83. The Labute approximate surface area is 147 Å². The van der Waals surface area contributed by atoms with Gasteiger partial charge in [0, 0.05) is 18.5 Å². The van der Waals surface area contributed by atoms with Gasteiger partial charge in [0.05, 0.1) is 5.56 Å². The van der Waals surface area contributed by atoms with Crippen molar-refractivity contribution in [3.63, 3.8) is 0 Å². The summed E-state index contributed by atoms with van der Waals surface area (Å²) < 4.78 is 0. The number of benzene rings is 2. The van der Waals surface area contributed by atoms with Crippen LogP contribution < -0.4 is 10.6 Å². The number of nitrogens with one attached hydrogen (secondary N) is 2. The zero-order valence-electron chi connectivity index (χ0n) is 13.9. The maximum Gasteiger partial charge on any atom is 0.335 e. The minimum absolute atomic E-state index is 0.150. The van der Waals surface area contributed by atoms with E-state index in [-0.39, 0.29) is 17.6 Å². The third-order valence-corrected chi connectivity index (χ3v) is 4.71. The summed E-state index contributed by atoms with van der Waals surface area (Å²) in [6.07, 6.45) is 3.19. The molecule has 2 aromatic carbocycles. The van der Waals surface area contributed by atoms with Gasteiger partial charge in [-0.2, -0.15) is 0 Å². The number of carboxylic acids is 1. The summed E-state index contributed by atoms with van der Waals surface area (Å²) in [5, 5.41) is 14.8. The molecule has 0 aromatic heterocycles. The van der Waals surface area contributed by atoms with Crippen molar-refractivity contribution in [2.45, 2.75) is 37.8 Å².